The molecule has 10 heteroatoms. The Kier molecular flexibility index (Phi) is 6.20. The van der Waals surface area contributed by atoms with Crippen LogP contribution in [-0.4, -0.2) is 63.3 Å². The van der Waals surface area contributed by atoms with Crippen LogP contribution in [0.2, 0.25) is 0 Å². The Morgan fingerprint density at radius 1 is 1.00 bits per heavy atom. The van der Waals surface area contributed by atoms with Gasteiger partial charge in [0.25, 0.3) is 0 Å². The number of benzene rings is 1. The van der Waals surface area contributed by atoms with E-state index in [0.717, 1.165) is 0 Å². The van der Waals surface area contributed by atoms with Crippen LogP contribution in [0.3, 0.4) is 0 Å². The molecule has 1 saturated heterocycles. The van der Waals surface area contributed by atoms with Crippen molar-refractivity contribution in [3.63, 3.8) is 0 Å². The van der Waals surface area contributed by atoms with Crippen molar-refractivity contribution >= 4 is 31.6 Å². The van der Waals surface area contributed by atoms with E-state index in [-0.39, 0.29) is 42.7 Å². The number of nitrogens with zero attached hydrogens (tertiary/aromatic N) is 2. The van der Waals surface area contributed by atoms with Gasteiger partial charge in [-0.05, 0) is 30.7 Å². The predicted octanol–water partition coefficient (Wildman–Crippen LogP) is 0.691. The van der Waals surface area contributed by atoms with Crippen LogP contribution in [0.15, 0.2) is 29.2 Å². The molecule has 0 atom stereocenters. The van der Waals surface area contributed by atoms with Crippen molar-refractivity contribution in [1.29, 1.82) is 0 Å². The van der Waals surface area contributed by atoms with Crippen LogP contribution < -0.4 is 5.32 Å². The molecule has 0 aliphatic carbocycles. The smallest absolute Gasteiger partial charge is 0.243 e. The topological polar surface area (TPSA) is 104 Å². The second kappa shape index (κ2) is 7.81. The Hall–Kier alpha value is -1.49. The van der Waals surface area contributed by atoms with E-state index in [0.29, 0.717) is 12.1 Å². The molecule has 1 amide bonds. The standard InChI is InChI=1S/C15H23N3O5S2/c1-3-12-24(20,21)17-8-10-18(11-9-17)25(22,23)15-6-4-14(5-7-15)16-13(2)19/h4-7H,3,8-12H2,1-2H3,(H,16,19). The summed E-state index contributed by atoms with van der Waals surface area (Å²) in [5.74, 6) is -0.162. The molecule has 1 N–H and O–H groups in total. The third-order valence-corrected chi connectivity index (χ3v) is 7.85. The van der Waals surface area contributed by atoms with Crippen molar-refractivity contribution in [1.82, 2.24) is 8.61 Å². The van der Waals surface area contributed by atoms with E-state index < -0.39 is 20.0 Å². The molecule has 0 aromatic heterocycles. The van der Waals surface area contributed by atoms with Gasteiger partial charge in [-0.2, -0.15) is 8.61 Å². The summed E-state index contributed by atoms with van der Waals surface area (Å²) in [7, 11) is -7.00. The van der Waals surface area contributed by atoms with Gasteiger partial charge in [-0.25, -0.2) is 16.8 Å². The summed E-state index contributed by atoms with van der Waals surface area (Å²) < 4.78 is 52.1. The zero-order chi connectivity index (χ0) is 18.7. The fraction of sp³-hybridized carbons (Fsp3) is 0.533. The number of nitrogens with one attached hydrogen (secondary N) is 1. The molecule has 1 aliphatic heterocycles. The average molecular weight is 389 g/mol. The SMILES string of the molecule is CCCS(=O)(=O)N1CCN(S(=O)(=O)c2ccc(NC(C)=O)cc2)CC1. The molecule has 0 saturated carbocycles. The van der Waals surface area contributed by atoms with Gasteiger partial charge in [-0.1, -0.05) is 6.92 Å². The summed E-state index contributed by atoms with van der Waals surface area (Å²) >= 11 is 0. The minimum absolute atomic E-state index is 0.0738. The quantitative estimate of drug-likeness (QED) is 0.771. The van der Waals surface area contributed by atoms with E-state index >= 15 is 0 Å². The van der Waals surface area contributed by atoms with Crippen LogP contribution >= 0.6 is 0 Å². The highest BCUT2D eigenvalue weighted by Crippen LogP contribution is 2.21. The first-order valence-electron chi connectivity index (χ1n) is 8.02. The highest BCUT2D eigenvalue weighted by Gasteiger charge is 2.32. The second-order valence-corrected chi connectivity index (χ2v) is 9.85. The zero-order valence-corrected chi connectivity index (χ0v) is 15.9. The number of anilines is 1. The molecule has 1 fully saturated rings. The molecule has 0 bridgehead atoms. The lowest BCUT2D eigenvalue weighted by Crippen LogP contribution is -2.50. The summed E-state index contributed by atoms with van der Waals surface area (Å²) in [6.07, 6.45) is 0.529. The molecule has 1 aliphatic rings. The summed E-state index contributed by atoms with van der Waals surface area (Å²) in [4.78, 5) is 11.1. The Morgan fingerprint density at radius 3 is 2.00 bits per heavy atom. The lowest BCUT2D eigenvalue weighted by atomic mass is 10.3. The third kappa shape index (κ3) is 4.78. The van der Waals surface area contributed by atoms with Gasteiger partial charge in [0.05, 0.1) is 10.6 Å². The molecule has 1 aromatic rings. The average Bonchev–Trinajstić information content (AvgIpc) is 2.55. The van der Waals surface area contributed by atoms with E-state index in [4.69, 9.17) is 0 Å². The van der Waals surface area contributed by atoms with Gasteiger partial charge >= 0.3 is 0 Å². The normalized spacial score (nSPS) is 17.4. The van der Waals surface area contributed by atoms with Crippen LogP contribution in [0.25, 0.3) is 0 Å². The van der Waals surface area contributed by atoms with Gasteiger partial charge in [0.2, 0.25) is 26.0 Å². The van der Waals surface area contributed by atoms with Gasteiger partial charge in [0.15, 0.2) is 0 Å². The minimum Gasteiger partial charge on any atom is -0.326 e. The van der Waals surface area contributed by atoms with Gasteiger partial charge in [-0.15, -0.1) is 0 Å². The van der Waals surface area contributed by atoms with Gasteiger partial charge in [-0.3, -0.25) is 4.79 Å². The lowest BCUT2D eigenvalue weighted by Gasteiger charge is -2.33. The molecule has 2 rings (SSSR count). The van der Waals surface area contributed by atoms with Gasteiger partial charge < -0.3 is 5.32 Å². The highest BCUT2D eigenvalue weighted by molar-refractivity contribution is 7.89. The van der Waals surface area contributed by atoms with Crippen LogP contribution in [0.5, 0.6) is 0 Å². The molecule has 140 valence electrons. The van der Waals surface area contributed by atoms with Crippen molar-refractivity contribution in [3.05, 3.63) is 24.3 Å². The summed E-state index contributed by atoms with van der Waals surface area (Å²) in [6.45, 7) is 3.73. The molecular formula is C15H23N3O5S2. The predicted molar refractivity (Wildman–Crippen MR) is 95.2 cm³/mol. The number of hydrogen-bond donors (Lipinski definition) is 1. The summed E-state index contributed by atoms with van der Waals surface area (Å²) in [5, 5.41) is 2.58. The summed E-state index contributed by atoms with van der Waals surface area (Å²) in [5.41, 5.74) is 0.516. The minimum atomic E-state index is -3.69. The molecule has 0 radical (unpaired) electrons. The second-order valence-electron chi connectivity index (χ2n) is 5.82. The first-order valence-corrected chi connectivity index (χ1v) is 11.1. The largest absolute Gasteiger partial charge is 0.326 e. The van der Waals surface area contributed by atoms with E-state index in [2.05, 4.69) is 5.32 Å². The third-order valence-electron chi connectivity index (χ3n) is 3.87. The van der Waals surface area contributed by atoms with Crippen molar-refractivity contribution < 1.29 is 21.6 Å². The van der Waals surface area contributed by atoms with E-state index in [1.54, 1.807) is 6.92 Å². The monoisotopic (exact) mass is 389 g/mol. The van der Waals surface area contributed by atoms with Crippen LogP contribution in [0, 0.1) is 0 Å². The number of hydrogen-bond acceptors (Lipinski definition) is 5. The molecule has 25 heavy (non-hydrogen) atoms. The van der Waals surface area contributed by atoms with Crippen molar-refractivity contribution in [2.45, 2.75) is 25.2 Å². The Bertz CT molecular complexity index is 811. The molecule has 0 spiro atoms. The van der Waals surface area contributed by atoms with Crippen LogP contribution in [0.1, 0.15) is 20.3 Å². The highest BCUT2D eigenvalue weighted by atomic mass is 32.2. The van der Waals surface area contributed by atoms with E-state index in [9.17, 15) is 21.6 Å². The molecular weight excluding hydrogens is 366 g/mol. The first kappa shape index (κ1) is 19.8. The van der Waals surface area contributed by atoms with E-state index in [1.165, 1.54) is 39.8 Å². The first-order chi connectivity index (χ1) is 11.7. The maximum absolute atomic E-state index is 12.7. The zero-order valence-electron chi connectivity index (χ0n) is 14.3. The molecule has 1 aromatic carbocycles. The fourth-order valence-corrected chi connectivity index (χ4v) is 5.55. The maximum Gasteiger partial charge on any atom is 0.243 e. The number of carbonyl (C=O) groups excluding carboxylic acids is 1. The van der Waals surface area contributed by atoms with Gasteiger partial charge in [0.1, 0.15) is 0 Å². The Labute approximate surface area is 148 Å². The lowest BCUT2D eigenvalue weighted by molar-refractivity contribution is -0.114. The van der Waals surface area contributed by atoms with Gasteiger partial charge in [0, 0.05) is 38.8 Å². The number of sulfonamides is 2. The number of piperazine rings is 1. The molecule has 1 heterocycles. The number of carbonyl (C=O) groups is 1. The van der Waals surface area contributed by atoms with Crippen LogP contribution in [0.4, 0.5) is 5.69 Å². The number of rotatable bonds is 6. The summed E-state index contributed by atoms with van der Waals surface area (Å²) in [6, 6.07) is 5.91. The molecule has 0 unspecified atom stereocenters. The van der Waals surface area contributed by atoms with Crippen molar-refractivity contribution in [2.75, 3.05) is 37.2 Å². The Balaban J connectivity index is 2.08. The van der Waals surface area contributed by atoms with Crippen molar-refractivity contribution in [3.8, 4) is 0 Å². The van der Waals surface area contributed by atoms with Crippen molar-refractivity contribution in [2.24, 2.45) is 0 Å². The van der Waals surface area contributed by atoms with Crippen LogP contribution in [-0.2, 0) is 24.8 Å². The van der Waals surface area contributed by atoms with E-state index in [1.807, 2.05) is 0 Å². The maximum atomic E-state index is 12.7. The Morgan fingerprint density at radius 2 is 1.52 bits per heavy atom. The fourth-order valence-electron chi connectivity index (χ4n) is 2.64. The number of amides is 1. The molecule has 8 nitrogen and oxygen atoms in total.